The van der Waals surface area contributed by atoms with Gasteiger partial charge in [-0.15, -0.1) is 11.3 Å². The molecule has 2 aromatic carbocycles. The molecule has 0 saturated carbocycles. The first-order valence-electron chi connectivity index (χ1n) is 9.33. The lowest BCUT2D eigenvalue weighted by Crippen LogP contribution is -2.32. The Kier molecular flexibility index (Phi) is 5.53. The highest BCUT2D eigenvalue weighted by molar-refractivity contribution is 7.15. The lowest BCUT2D eigenvalue weighted by atomic mass is 9.94. The summed E-state index contributed by atoms with van der Waals surface area (Å²) in [5, 5.41) is 0.894. The summed E-state index contributed by atoms with van der Waals surface area (Å²) in [6.45, 7) is 1.67. The van der Waals surface area contributed by atoms with Crippen molar-refractivity contribution in [2.24, 2.45) is 0 Å². The van der Waals surface area contributed by atoms with Crippen LogP contribution in [0.2, 0.25) is 0 Å². The molecule has 0 aliphatic carbocycles. The Balaban J connectivity index is 1.42. The summed E-state index contributed by atoms with van der Waals surface area (Å²) >= 11 is 1.50. The van der Waals surface area contributed by atoms with Gasteiger partial charge in [0.15, 0.2) is 0 Å². The zero-order valence-corrected chi connectivity index (χ0v) is 16.8. The van der Waals surface area contributed by atoms with Crippen LogP contribution in [0.3, 0.4) is 0 Å². The second-order valence-electron chi connectivity index (χ2n) is 6.75. The summed E-state index contributed by atoms with van der Waals surface area (Å²) in [4.78, 5) is 31.4. The highest BCUT2D eigenvalue weighted by Crippen LogP contribution is 2.33. The number of ether oxygens (including phenoxy) is 1. The smallest absolute Gasteiger partial charge is 0.308 e. The molecule has 0 fully saturated rings. The van der Waals surface area contributed by atoms with Crippen LogP contribution in [0.1, 0.15) is 35.4 Å². The van der Waals surface area contributed by atoms with Gasteiger partial charge in [-0.3, -0.25) is 9.59 Å². The highest BCUT2D eigenvalue weighted by atomic mass is 32.1. The van der Waals surface area contributed by atoms with Crippen molar-refractivity contribution in [2.75, 3.05) is 0 Å². The number of hydrogen-bond acceptors (Lipinski definition) is 5. The Labute approximate surface area is 173 Å². The third-order valence-corrected chi connectivity index (χ3v) is 5.80. The number of carbonyl (C=O) groups is 2. The number of nitrogens with zero attached hydrogens (tertiary/aromatic N) is 2. The highest BCUT2D eigenvalue weighted by Gasteiger charge is 2.28. The predicted molar refractivity (Wildman–Crippen MR) is 113 cm³/mol. The molecule has 3 aromatic rings. The molecule has 1 unspecified atom stereocenters. The molecule has 0 radical (unpaired) electrons. The first-order valence-corrected chi connectivity index (χ1v) is 10.2. The van der Waals surface area contributed by atoms with Crippen LogP contribution in [-0.4, -0.2) is 21.8 Å². The van der Waals surface area contributed by atoms with Crippen molar-refractivity contribution in [3.8, 4) is 10.6 Å². The van der Waals surface area contributed by atoms with E-state index in [0.29, 0.717) is 0 Å². The van der Waals surface area contributed by atoms with E-state index >= 15 is 0 Å². The van der Waals surface area contributed by atoms with Crippen molar-refractivity contribution < 1.29 is 14.3 Å². The number of benzene rings is 2. The molecule has 1 aromatic heterocycles. The minimum absolute atomic E-state index is 0.102. The fourth-order valence-corrected chi connectivity index (χ4v) is 4.20. The van der Waals surface area contributed by atoms with Gasteiger partial charge in [0.1, 0.15) is 11.6 Å². The summed E-state index contributed by atoms with van der Waals surface area (Å²) in [5.74, 6) is -0.454. The van der Waals surface area contributed by atoms with Crippen molar-refractivity contribution in [3.63, 3.8) is 0 Å². The lowest BCUT2D eigenvalue weighted by Gasteiger charge is -2.32. The fourth-order valence-electron chi connectivity index (χ4n) is 3.37. The molecule has 146 valence electrons. The quantitative estimate of drug-likeness (QED) is 0.572. The van der Waals surface area contributed by atoms with E-state index in [1.165, 1.54) is 18.3 Å². The van der Waals surface area contributed by atoms with E-state index in [2.05, 4.69) is 4.98 Å². The molecule has 5 nitrogen and oxygen atoms in total. The summed E-state index contributed by atoms with van der Waals surface area (Å²) in [6.07, 6.45) is 5.46. The summed E-state index contributed by atoms with van der Waals surface area (Å²) in [7, 11) is 0. The van der Waals surface area contributed by atoms with Crippen LogP contribution in [-0.2, 0) is 20.9 Å². The van der Waals surface area contributed by atoms with Gasteiger partial charge >= 0.3 is 5.97 Å². The van der Waals surface area contributed by atoms with Crippen molar-refractivity contribution in [1.29, 1.82) is 0 Å². The van der Waals surface area contributed by atoms with E-state index in [1.807, 2.05) is 60.7 Å². The number of fused-ring (bicyclic) bond motifs is 1. The first-order chi connectivity index (χ1) is 14.1. The Bertz CT molecular complexity index is 1060. The molecule has 1 aliphatic heterocycles. The summed E-state index contributed by atoms with van der Waals surface area (Å²) in [6, 6.07) is 17.3. The van der Waals surface area contributed by atoms with Crippen molar-refractivity contribution >= 4 is 29.3 Å². The van der Waals surface area contributed by atoms with E-state index in [0.717, 1.165) is 26.6 Å². The zero-order valence-electron chi connectivity index (χ0n) is 15.9. The molecule has 0 bridgehead atoms. The van der Waals surface area contributed by atoms with Gasteiger partial charge in [0.05, 0.1) is 17.3 Å². The van der Waals surface area contributed by atoms with Crippen LogP contribution in [0, 0.1) is 0 Å². The summed E-state index contributed by atoms with van der Waals surface area (Å²) in [5.41, 5.74) is 3.00. The van der Waals surface area contributed by atoms with Crippen molar-refractivity contribution in [2.45, 2.75) is 26.0 Å². The molecule has 1 amide bonds. The maximum Gasteiger partial charge on any atom is 0.308 e. The molecule has 0 N–H and O–H groups in total. The van der Waals surface area contributed by atoms with Gasteiger partial charge in [0.25, 0.3) is 0 Å². The minimum atomic E-state index is -0.359. The first kappa shape index (κ1) is 19.1. The second-order valence-corrected chi connectivity index (χ2v) is 7.86. The van der Waals surface area contributed by atoms with E-state index in [4.69, 9.17) is 4.74 Å². The maximum atomic E-state index is 12.5. The van der Waals surface area contributed by atoms with Gasteiger partial charge < -0.3 is 9.64 Å². The van der Waals surface area contributed by atoms with Crippen LogP contribution in [0.5, 0.6) is 0 Å². The van der Waals surface area contributed by atoms with Crippen LogP contribution >= 0.6 is 11.3 Å². The molecule has 1 aliphatic rings. The Morgan fingerprint density at radius 2 is 1.86 bits per heavy atom. The van der Waals surface area contributed by atoms with Gasteiger partial charge in [-0.1, -0.05) is 54.6 Å². The van der Waals surface area contributed by atoms with Crippen molar-refractivity contribution in [1.82, 2.24) is 9.88 Å². The van der Waals surface area contributed by atoms with Crippen LogP contribution in [0.25, 0.3) is 16.6 Å². The van der Waals surface area contributed by atoms with Gasteiger partial charge in [-0.2, -0.15) is 0 Å². The van der Waals surface area contributed by atoms with Crippen LogP contribution in [0.15, 0.2) is 67.0 Å². The third kappa shape index (κ3) is 4.27. The molecule has 0 spiro atoms. The lowest BCUT2D eigenvalue weighted by molar-refractivity contribution is -0.146. The van der Waals surface area contributed by atoms with E-state index in [1.54, 1.807) is 17.3 Å². The van der Waals surface area contributed by atoms with Gasteiger partial charge in [-0.05, 0) is 17.2 Å². The predicted octanol–water partition coefficient (Wildman–Crippen LogP) is 4.82. The number of aromatic nitrogens is 1. The van der Waals surface area contributed by atoms with E-state index in [-0.39, 0.29) is 30.9 Å². The Morgan fingerprint density at radius 3 is 2.66 bits per heavy atom. The van der Waals surface area contributed by atoms with E-state index < -0.39 is 0 Å². The Hall–Kier alpha value is -3.25. The monoisotopic (exact) mass is 404 g/mol. The SMILES string of the molecule is CC(=O)N1C=Cc2ccccc2C1CC(=O)OCc1cnc(-c2ccccc2)s1. The average molecular weight is 404 g/mol. The molecule has 0 saturated heterocycles. The third-order valence-electron chi connectivity index (χ3n) is 4.78. The molecule has 1 atom stereocenters. The van der Waals surface area contributed by atoms with E-state index in [9.17, 15) is 9.59 Å². The molecule has 4 rings (SSSR count). The molecule has 6 heteroatoms. The number of amides is 1. The Morgan fingerprint density at radius 1 is 1.10 bits per heavy atom. The second kappa shape index (κ2) is 8.41. The average Bonchev–Trinajstić information content (AvgIpc) is 3.22. The largest absolute Gasteiger partial charge is 0.460 e. The molecule has 2 heterocycles. The molecular weight excluding hydrogens is 384 g/mol. The standard InChI is InChI=1S/C23H20N2O3S/c1-16(26)25-12-11-17-7-5-6-10-20(17)21(25)13-22(27)28-15-19-14-24-23(29-19)18-8-3-2-4-9-18/h2-12,14,21H,13,15H2,1H3. The van der Waals surface area contributed by atoms with Crippen LogP contribution in [0.4, 0.5) is 0 Å². The molecular formula is C23H20N2O3S. The van der Waals surface area contributed by atoms with Crippen molar-refractivity contribution in [3.05, 3.63) is 83.0 Å². The van der Waals surface area contributed by atoms with Crippen LogP contribution < -0.4 is 0 Å². The number of hydrogen-bond donors (Lipinski definition) is 0. The van der Waals surface area contributed by atoms with Gasteiger partial charge in [0, 0.05) is 24.9 Å². The topological polar surface area (TPSA) is 59.5 Å². The number of rotatable bonds is 5. The zero-order chi connectivity index (χ0) is 20.2. The normalized spacial score (nSPS) is 15.1. The fraction of sp³-hybridized carbons (Fsp3) is 0.174. The molecule has 29 heavy (non-hydrogen) atoms. The number of carbonyl (C=O) groups excluding carboxylic acids is 2. The number of esters is 1. The van der Waals surface area contributed by atoms with Gasteiger partial charge in [-0.25, -0.2) is 4.98 Å². The summed E-state index contributed by atoms with van der Waals surface area (Å²) < 4.78 is 5.49. The minimum Gasteiger partial charge on any atom is -0.460 e. The van der Waals surface area contributed by atoms with Gasteiger partial charge in [0.2, 0.25) is 5.91 Å². The number of thiazole rings is 1. The maximum absolute atomic E-state index is 12.5.